The molecule has 9 heteroatoms. The van der Waals surface area contributed by atoms with E-state index in [9.17, 15) is 23.2 Å². The van der Waals surface area contributed by atoms with Crippen LogP contribution in [0.3, 0.4) is 0 Å². The van der Waals surface area contributed by atoms with Crippen LogP contribution in [0.25, 0.3) is 20.2 Å². The van der Waals surface area contributed by atoms with E-state index < -0.39 is 55.7 Å². The molecule has 0 aliphatic carbocycles. The van der Waals surface area contributed by atoms with E-state index in [-0.39, 0.29) is 6.61 Å². The van der Waals surface area contributed by atoms with Gasteiger partial charge in [0.1, 0.15) is 26.0 Å². The summed E-state index contributed by atoms with van der Waals surface area (Å²) in [6.45, 7) is 1.18. The molecule has 2 amide bonds. The molecule has 0 spiro atoms. The normalized spacial score (nSPS) is 19.1. The molecule has 3 aromatic carbocycles. The highest BCUT2D eigenvalue weighted by atomic mass is 32.1. The Hall–Kier alpha value is -3.98. The lowest BCUT2D eigenvalue weighted by Gasteiger charge is -2.22. The molecule has 5 rings (SSSR count). The molecule has 38 heavy (non-hydrogen) atoms. The van der Waals surface area contributed by atoms with Crippen LogP contribution >= 0.6 is 11.3 Å². The first-order chi connectivity index (χ1) is 18.3. The third-order valence-electron chi connectivity index (χ3n) is 6.68. The number of alkyl halides is 2. The molecule has 0 radical (unpaired) electrons. The Balaban J connectivity index is 1.29. The Bertz CT molecular complexity index is 1550. The SMILES string of the molecule is C=[N+](CC(=O)N1C[C@@](F)(CF)C[C@H]1C(=O)OCc1ccccc1)C(=O)c1ccc2c(c1)sc1ccccc12. The molecule has 0 bridgehead atoms. The Labute approximate surface area is 221 Å². The molecule has 194 valence electrons. The van der Waals surface area contributed by atoms with E-state index in [0.29, 0.717) is 5.56 Å². The van der Waals surface area contributed by atoms with Crippen molar-refractivity contribution in [3.8, 4) is 0 Å². The zero-order chi connectivity index (χ0) is 26.9. The first kappa shape index (κ1) is 25.7. The van der Waals surface area contributed by atoms with Crippen LogP contribution in [0, 0.1) is 0 Å². The van der Waals surface area contributed by atoms with Gasteiger partial charge in [0.05, 0.1) is 12.1 Å². The molecule has 2 atom stereocenters. The van der Waals surface area contributed by atoms with E-state index in [1.165, 1.54) is 0 Å². The van der Waals surface area contributed by atoms with Gasteiger partial charge in [-0.25, -0.2) is 18.4 Å². The minimum Gasteiger partial charge on any atom is -0.459 e. The Morgan fingerprint density at radius 1 is 1.03 bits per heavy atom. The molecular formula is C29H25F2N2O4S+. The quantitative estimate of drug-likeness (QED) is 0.191. The number of halogens is 2. The van der Waals surface area contributed by atoms with Gasteiger partial charge in [-0.05, 0) is 23.8 Å². The van der Waals surface area contributed by atoms with E-state index >= 15 is 0 Å². The number of hydrogen-bond donors (Lipinski definition) is 0. The van der Waals surface area contributed by atoms with Gasteiger partial charge in [0.2, 0.25) is 6.54 Å². The number of thiophene rings is 1. The number of hydrogen-bond acceptors (Lipinski definition) is 5. The van der Waals surface area contributed by atoms with E-state index in [2.05, 4.69) is 6.72 Å². The maximum Gasteiger partial charge on any atom is 0.419 e. The van der Waals surface area contributed by atoms with Crippen molar-refractivity contribution in [3.05, 3.63) is 83.9 Å². The molecule has 0 saturated carbocycles. The summed E-state index contributed by atoms with van der Waals surface area (Å²) in [7, 11) is 0. The summed E-state index contributed by atoms with van der Waals surface area (Å²) < 4.78 is 36.7. The fraction of sp³-hybridized carbons (Fsp3) is 0.241. The minimum atomic E-state index is -2.37. The first-order valence-corrected chi connectivity index (χ1v) is 12.9. The number of nitrogens with zero attached hydrogens (tertiary/aromatic N) is 2. The topological polar surface area (TPSA) is 66.7 Å². The smallest absolute Gasteiger partial charge is 0.419 e. The predicted octanol–water partition coefficient (Wildman–Crippen LogP) is 4.93. The minimum absolute atomic E-state index is 0.0622. The summed E-state index contributed by atoms with van der Waals surface area (Å²) in [5.74, 6) is -2.05. The number of esters is 1. The average molecular weight is 536 g/mol. The van der Waals surface area contributed by atoms with E-state index in [1.807, 2.05) is 36.4 Å². The summed E-state index contributed by atoms with van der Waals surface area (Å²) in [6, 6.07) is 20.8. The molecule has 1 fully saturated rings. The van der Waals surface area contributed by atoms with Crippen molar-refractivity contribution >= 4 is 56.0 Å². The highest BCUT2D eigenvalue weighted by Crippen LogP contribution is 2.35. The fourth-order valence-corrected chi connectivity index (χ4v) is 5.84. The maximum absolute atomic E-state index is 15.0. The van der Waals surface area contributed by atoms with E-state index in [1.54, 1.807) is 47.7 Å². The molecule has 1 aliphatic rings. The number of fused-ring (bicyclic) bond motifs is 3. The standard InChI is InChI=1S/C29H25F2N2O4S/c1-32(27(35)20-11-12-22-21-9-5-6-10-24(21)38-25(22)13-20)15-26(34)33-18-29(31,17-30)14-23(33)28(36)37-16-19-7-3-2-4-8-19/h2-13,23H,1,14-18H2/q+1/t23-,29-/m0/s1. The fourth-order valence-electron chi connectivity index (χ4n) is 4.70. The highest BCUT2D eigenvalue weighted by Gasteiger charge is 2.51. The number of rotatable bonds is 7. The summed E-state index contributed by atoms with van der Waals surface area (Å²) in [5, 5.41) is 2.11. The number of carbonyl (C=O) groups excluding carboxylic acids is 3. The van der Waals surface area contributed by atoms with Crippen LogP contribution in [0.1, 0.15) is 22.3 Å². The largest absolute Gasteiger partial charge is 0.459 e. The van der Waals surface area contributed by atoms with Gasteiger partial charge in [-0.1, -0.05) is 54.6 Å². The highest BCUT2D eigenvalue weighted by molar-refractivity contribution is 7.25. The predicted molar refractivity (Wildman–Crippen MR) is 142 cm³/mol. The molecule has 1 saturated heterocycles. The zero-order valence-corrected chi connectivity index (χ0v) is 21.3. The summed E-state index contributed by atoms with van der Waals surface area (Å²) >= 11 is 1.55. The van der Waals surface area contributed by atoms with Gasteiger partial charge in [0, 0.05) is 26.6 Å². The zero-order valence-electron chi connectivity index (χ0n) is 20.4. The Morgan fingerprint density at radius 3 is 2.50 bits per heavy atom. The molecule has 0 unspecified atom stereocenters. The molecule has 1 aromatic heterocycles. The summed E-state index contributed by atoms with van der Waals surface area (Å²) in [6.07, 6.45) is -0.517. The van der Waals surface area contributed by atoms with Crippen molar-refractivity contribution in [1.82, 2.24) is 4.90 Å². The second-order valence-electron chi connectivity index (χ2n) is 9.43. The molecule has 1 aliphatic heterocycles. The van der Waals surface area contributed by atoms with Gasteiger partial charge < -0.3 is 9.64 Å². The summed E-state index contributed by atoms with van der Waals surface area (Å²) in [5.41, 5.74) is -1.30. The van der Waals surface area contributed by atoms with Gasteiger partial charge in [-0.3, -0.25) is 4.79 Å². The molecular weight excluding hydrogens is 510 g/mol. The Kier molecular flexibility index (Phi) is 7.03. The lowest BCUT2D eigenvalue weighted by Crippen LogP contribution is -2.45. The van der Waals surface area contributed by atoms with Crippen LogP contribution < -0.4 is 0 Å². The molecule has 2 heterocycles. The second kappa shape index (κ2) is 10.4. The number of carbonyl (C=O) groups is 3. The van der Waals surface area contributed by atoms with Crippen LogP contribution in [-0.4, -0.2) is 65.5 Å². The number of benzene rings is 3. The van der Waals surface area contributed by atoms with Crippen LogP contribution in [0.4, 0.5) is 8.78 Å². The third kappa shape index (κ3) is 5.06. The third-order valence-corrected chi connectivity index (χ3v) is 7.82. The van der Waals surface area contributed by atoms with Gasteiger partial charge in [-0.15, -0.1) is 11.3 Å². The van der Waals surface area contributed by atoms with Crippen LogP contribution in [0.5, 0.6) is 0 Å². The van der Waals surface area contributed by atoms with E-state index in [0.717, 1.165) is 35.2 Å². The maximum atomic E-state index is 15.0. The van der Waals surface area contributed by atoms with Gasteiger partial charge >= 0.3 is 11.9 Å². The van der Waals surface area contributed by atoms with Crippen molar-refractivity contribution < 1.29 is 32.5 Å². The van der Waals surface area contributed by atoms with Crippen molar-refractivity contribution in [1.29, 1.82) is 0 Å². The Morgan fingerprint density at radius 2 is 1.74 bits per heavy atom. The molecule has 4 aromatic rings. The number of likely N-dealkylation sites (tertiary alicyclic amines) is 1. The second-order valence-corrected chi connectivity index (χ2v) is 10.5. The van der Waals surface area contributed by atoms with Crippen molar-refractivity contribution in [2.45, 2.75) is 24.7 Å². The number of ether oxygens (including phenoxy) is 1. The van der Waals surface area contributed by atoms with Crippen molar-refractivity contribution in [3.63, 3.8) is 0 Å². The molecule has 0 N–H and O–H groups in total. The van der Waals surface area contributed by atoms with Crippen molar-refractivity contribution in [2.24, 2.45) is 0 Å². The number of amides is 2. The van der Waals surface area contributed by atoms with Gasteiger partial charge in [0.25, 0.3) is 5.91 Å². The average Bonchev–Trinajstić information content (AvgIpc) is 3.50. The van der Waals surface area contributed by atoms with Crippen LogP contribution in [0.2, 0.25) is 0 Å². The van der Waals surface area contributed by atoms with Gasteiger partial charge in [0.15, 0.2) is 5.67 Å². The van der Waals surface area contributed by atoms with Crippen LogP contribution in [0.15, 0.2) is 72.8 Å². The molecule has 6 nitrogen and oxygen atoms in total. The summed E-state index contributed by atoms with van der Waals surface area (Å²) in [4.78, 5) is 39.9. The van der Waals surface area contributed by atoms with Crippen LogP contribution in [-0.2, 0) is 20.9 Å². The lowest BCUT2D eigenvalue weighted by molar-refractivity contribution is -0.409. The van der Waals surface area contributed by atoms with Gasteiger partial charge in [-0.2, -0.15) is 4.58 Å². The first-order valence-electron chi connectivity index (χ1n) is 12.1. The van der Waals surface area contributed by atoms with Crippen molar-refractivity contribution in [2.75, 3.05) is 19.8 Å². The lowest BCUT2D eigenvalue weighted by atomic mass is 10.0. The monoisotopic (exact) mass is 535 g/mol. The van der Waals surface area contributed by atoms with E-state index in [4.69, 9.17) is 4.74 Å².